The van der Waals surface area contributed by atoms with E-state index >= 15 is 0 Å². The predicted molar refractivity (Wildman–Crippen MR) is 145 cm³/mol. The van der Waals surface area contributed by atoms with E-state index in [0.29, 0.717) is 49.5 Å². The van der Waals surface area contributed by atoms with Gasteiger partial charge in [0.1, 0.15) is 11.9 Å². The lowest BCUT2D eigenvalue weighted by atomic mass is 10.0. The molecule has 1 aliphatic heterocycles. The summed E-state index contributed by atoms with van der Waals surface area (Å²) in [6, 6.07) is 15.4. The minimum atomic E-state index is -1.06. The maximum absolute atomic E-state index is 14.1. The first-order valence-corrected chi connectivity index (χ1v) is 13.5. The number of hydrogen-bond donors (Lipinski definition) is 1. The van der Waals surface area contributed by atoms with Crippen molar-refractivity contribution in [1.82, 2.24) is 10.2 Å². The molecule has 0 bridgehead atoms. The van der Waals surface area contributed by atoms with Gasteiger partial charge in [0.15, 0.2) is 11.6 Å². The number of benzene rings is 3. The van der Waals surface area contributed by atoms with Crippen molar-refractivity contribution in [2.75, 3.05) is 44.3 Å². The number of hydrogen-bond acceptors (Lipinski definition) is 4. The van der Waals surface area contributed by atoms with E-state index < -0.39 is 29.4 Å². The third-order valence-electron chi connectivity index (χ3n) is 7.55. The molecule has 6 nitrogen and oxygen atoms in total. The Morgan fingerprint density at radius 1 is 0.975 bits per heavy atom. The van der Waals surface area contributed by atoms with Crippen LogP contribution < -0.4 is 10.2 Å². The largest absolute Gasteiger partial charge is 0.379 e. The van der Waals surface area contributed by atoms with Gasteiger partial charge in [0.2, 0.25) is 11.8 Å². The van der Waals surface area contributed by atoms with Gasteiger partial charge >= 0.3 is 0 Å². The highest BCUT2D eigenvalue weighted by atomic mass is 19.2. The Labute approximate surface area is 231 Å². The number of morpholine rings is 1. The van der Waals surface area contributed by atoms with Crippen LogP contribution in [0.15, 0.2) is 66.7 Å². The summed E-state index contributed by atoms with van der Waals surface area (Å²) < 4.78 is 46.7. The number of rotatable bonds is 9. The Bertz CT molecular complexity index is 1340. The zero-order chi connectivity index (χ0) is 28.2. The van der Waals surface area contributed by atoms with Gasteiger partial charge in [-0.05, 0) is 66.8 Å². The van der Waals surface area contributed by atoms with Gasteiger partial charge in [-0.15, -0.1) is 0 Å². The second kappa shape index (κ2) is 12.2. The Hall–Kier alpha value is -3.69. The van der Waals surface area contributed by atoms with Crippen LogP contribution in [0.2, 0.25) is 0 Å². The molecule has 1 heterocycles. The van der Waals surface area contributed by atoms with Crippen LogP contribution in [0.4, 0.5) is 18.9 Å². The van der Waals surface area contributed by atoms with E-state index in [2.05, 4.69) is 10.2 Å². The SMILES string of the molecule is Cc1ccc(N(C(=O)C2CC2c2ccc(F)c(F)c2)C(C(=O)NCCN2CCOCC2)c2ccc(F)cc2)cc1. The summed E-state index contributed by atoms with van der Waals surface area (Å²) in [6.07, 6.45) is 0.445. The predicted octanol–water partition coefficient (Wildman–Crippen LogP) is 4.74. The van der Waals surface area contributed by atoms with Gasteiger partial charge in [0, 0.05) is 37.8 Å². The third-order valence-corrected chi connectivity index (χ3v) is 7.55. The van der Waals surface area contributed by atoms with E-state index in [0.717, 1.165) is 30.8 Å². The average molecular weight is 552 g/mol. The standard InChI is InChI=1S/C31H32F3N3O3/c1-20-2-9-24(10-3-20)37(31(39)26-19-25(26)22-6-11-27(33)28(34)18-22)29(21-4-7-23(32)8-5-21)30(38)35-12-13-36-14-16-40-17-15-36/h2-11,18,25-26,29H,12-17,19H2,1H3,(H,35,38). The molecular weight excluding hydrogens is 519 g/mol. The minimum Gasteiger partial charge on any atom is -0.379 e. The van der Waals surface area contributed by atoms with E-state index in [1.807, 2.05) is 19.1 Å². The van der Waals surface area contributed by atoms with Crippen molar-refractivity contribution in [3.63, 3.8) is 0 Å². The van der Waals surface area contributed by atoms with Gasteiger partial charge in [-0.2, -0.15) is 0 Å². The Balaban J connectivity index is 1.44. The Morgan fingerprint density at radius 2 is 1.68 bits per heavy atom. The zero-order valence-electron chi connectivity index (χ0n) is 22.3. The van der Waals surface area contributed by atoms with Gasteiger partial charge in [-0.1, -0.05) is 35.9 Å². The molecule has 1 aliphatic carbocycles. The first kappa shape index (κ1) is 27.9. The summed E-state index contributed by atoms with van der Waals surface area (Å²) in [4.78, 5) is 31.6. The fraction of sp³-hybridized carbons (Fsp3) is 0.355. The molecule has 1 saturated carbocycles. The molecule has 210 valence electrons. The number of carbonyl (C=O) groups is 2. The van der Waals surface area contributed by atoms with Crippen LogP contribution in [-0.2, 0) is 14.3 Å². The molecule has 9 heteroatoms. The van der Waals surface area contributed by atoms with Crippen LogP contribution in [-0.4, -0.2) is 56.1 Å². The quantitative estimate of drug-likeness (QED) is 0.418. The van der Waals surface area contributed by atoms with Crippen LogP contribution in [0.3, 0.4) is 0 Å². The number of nitrogens with one attached hydrogen (secondary N) is 1. The van der Waals surface area contributed by atoms with E-state index in [1.54, 1.807) is 12.1 Å². The number of anilines is 1. The van der Waals surface area contributed by atoms with Gasteiger partial charge in [0.05, 0.1) is 13.2 Å². The second-order valence-electron chi connectivity index (χ2n) is 10.4. The molecule has 3 aromatic rings. The van der Waals surface area contributed by atoms with Crippen molar-refractivity contribution in [2.45, 2.75) is 25.3 Å². The Morgan fingerprint density at radius 3 is 2.35 bits per heavy atom. The summed E-state index contributed by atoms with van der Waals surface area (Å²) in [5, 5.41) is 2.98. The van der Waals surface area contributed by atoms with Gasteiger partial charge < -0.3 is 10.1 Å². The van der Waals surface area contributed by atoms with Gasteiger partial charge in [-0.25, -0.2) is 13.2 Å². The molecule has 3 atom stereocenters. The highest BCUT2D eigenvalue weighted by Gasteiger charge is 2.48. The van der Waals surface area contributed by atoms with Crippen LogP contribution in [0.1, 0.15) is 35.1 Å². The van der Waals surface area contributed by atoms with Crippen LogP contribution in [0.5, 0.6) is 0 Å². The topological polar surface area (TPSA) is 61.9 Å². The van der Waals surface area contributed by atoms with Crippen molar-refractivity contribution >= 4 is 17.5 Å². The molecule has 2 aliphatic rings. The first-order chi connectivity index (χ1) is 19.3. The fourth-order valence-corrected chi connectivity index (χ4v) is 5.19. The summed E-state index contributed by atoms with van der Waals surface area (Å²) in [7, 11) is 0. The lowest BCUT2D eigenvalue weighted by Crippen LogP contribution is -2.47. The van der Waals surface area contributed by atoms with Crippen LogP contribution in [0, 0.1) is 30.3 Å². The molecule has 0 aromatic heterocycles. The first-order valence-electron chi connectivity index (χ1n) is 13.5. The number of aryl methyl sites for hydroxylation is 1. The third kappa shape index (κ3) is 6.37. The lowest BCUT2D eigenvalue weighted by Gasteiger charge is -2.32. The molecule has 2 amide bonds. The highest BCUT2D eigenvalue weighted by Crippen LogP contribution is 2.50. The summed E-state index contributed by atoms with van der Waals surface area (Å²) in [5.74, 6) is -3.88. The molecule has 0 radical (unpaired) electrons. The minimum absolute atomic E-state index is 0.297. The molecule has 2 fully saturated rings. The molecular formula is C31H32F3N3O3. The molecule has 1 saturated heterocycles. The van der Waals surface area contributed by atoms with Crippen molar-refractivity contribution in [3.05, 3.63) is 101 Å². The number of carbonyl (C=O) groups excluding carboxylic acids is 2. The lowest BCUT2D eigenvalue weighted by molar-refractivity contribution is -0.127. The van der Waals surface area contributed by atoms with Crippen molar-refractivity contribution < 1.29 is 27.5 Å². The van der Waals surface area contributed by atoms with Crippen molar-refractivity contribution in [3.8, 4) is 0 Å². The smallest absolute Gasteiger partial charge is 0.247 e. The maximum Gasteiger partial charge on any atom is 0.247 e. The van der Waals surface area contributed by atoms with Gasteiger partial charge in [-0.3, -0.25) is 19.4 Å². The monoisotopic (exact) mass is 551 g/mol. The van der Waals surface area contributed by atoms with Gasteiger partial charge in [0.25, 0.3) is 0 Å². The normalized spacial score (nSPS) is 19.6. The zero-order valence-corrected chi connectivity index (χ0v) is 22.3. The molecule has 40 heavy (non-hydrogen) atoms. The van der Waals surface area contributed by atoms with E-state index in [-0.39, 0.29) is 17.7 Å². The van der Waals surface area contributed by atoms with Crippen molar-refractivity contribution in [1.29, 1.82) is 0 Å². The number of amides is 2. The van der Waals surface area contributed by atoms with Crippen molar-refractivity contribution in [2.24, 2.45) is 5.92 Å². The van der Waals surface area contributed by atoms with E-state index in [9.17, 15) is 22.8 Å². The molecule has 0 spiro atoms. The van der Waals surface area contributed by atoms with E-state index in [1.165, 1.54) is 35.2 Å². The molecule has 3 aromatic carbocycles. The molecule has 1 N–H and O–H groups in total. The van der Waals surface area contributed by atoms with Crippen LogP contribution >= 0.6 is 0 Å². The summed E-state index contributed by atoms with van der Waals surface area (Å²) in [5.41, 5.74) is 2.50. The molecule has 3 unspecified atom stereocenters. The maximum atomic E-state index is 14.1. The van der Waals surface area contributed by atoms with E-state index in [4.69, 9.17) is 4.74 Å². The fourth-order valence-electron chi connectivity index (χ4n) is 5.19. The number of halogens is 3. The number of nitrogens with zero attached hydrogens (tertiary/aromatic N) is 2. The highest BCUT2D eigenvalue weighted by molar-refractivity contribution is 6.03. The number of ether oxygens (including phenoxy) is 1. The Kier molecular flexibility index (Phi) is 8.52. The average Bonchev–Trinajstić information content (AvgIpc) is 3.76. The summed E-state index contributed by atoms with van der Waals surface area (Å²) in [6.45, 7) is 5.75. The summed E-state index contributed by atoms with van der Waals surface area (Å²) >= 11 is 0. The second-order valence-corrected chi connectivity index (χ2v) is 10.4. The molecule has 5 rings (SSSR count). The van der Waals surface area contributed by atoms with Crippen LogP contribution in [0.25, 0.3) is 0 Å².